The summed E-state index contributed by atoms with van der Waals surface area (Å²) < 4.78 is 53.7. The van der Waals surface area contributed by atoms with Crippen LogP contribution in [0.5, 0.6) is 5.88 Å². The monoisotopic (exact) mass is 521 g/mol. The van der Waals surface area contributed by atoms with Crippen LogP contribution in [0.3, 0.4) is 0 Å². The molecule has 1 aliphatic heterocycles. The number of sulfonamides is 1. The Bertz CT molecular complexity index is 1290. The maximum absolute atomic E-state index is 14.3. The summed E-state index contributed by atoms with van der Waals surface area (Å²) in [5, 5.41) is 4.24. The second-order valence-corrected chi connectivity index (χ2v) is 11.1. The van der Waals surface area contributed by atoms with Gasteiger partial charge in [0, 0.05) is 37.2 Å². The van der Waals surface area contributed by atoms with Crippen LogP contribution >= 0.6 is 11.3 Å². The lowest BCUT2D eigenvalue weighted by molar-refractivity contribution is 0.0622. The zero-order valence-electron chi connectivity index (χ0n) is 20.0. The molecule has 0 saturated carbocycles. The third-order valence-corrected chi connectivity index (χ3v) is 8.49. The fraction of sp³-hybridized carbons (Fsp3) is 0.435. The van der Waals surface area contributed by atoms with Gasteiger partial charge >= 0.3 is 0 Å². The Morgan fingerprint density at radius 3 is 2.66 bits per heavy atom. The fourth-order valence-corrected chi connectivity index (χ4v) is 6.34. The van der Waals surface area contributed by atoms with Gasteiger partial charge in [-0.1, -0.05) is 11.3 Å². The van der Waals surface area contributed by atoms with Crippen LogP contribution in [0.25, 0.3) is 10.4 Å². The molecule has 0 aromatic carbocycles. The zero-order chi connectivity index (χ0) is 25.2. The lowest BCUT2D eigenvalue weighted by atomic mass is 9.93. The van der Waals surface area contributed by atoms with Gasteiger partial charge < -0.3 is 14.8 Å². The van der Waals surface area contributed by atoms with E-state index in [1.165, 1.54) is 30.7 Å². The summed E-state index contributed by atoms with van der Waals surface area (Å²) in [6.45, 7) is 7.10. The molecular formula is C23H28FN5O4S2. The van der Waals surface area contributed by atoms with Crippen molar-refractivity contribution >= 4 is 32.2 Å². The van der Waals surface area contributed by atoms with Crippen LogP contribution in [0.4, 0.5) is 15.2 Å². The highest BCUT2D eigenvalue weighted by Gasteiger charge is 2.26. The summed E-state index contributed by atoms with van der Waals surface area (Å²) in [4.78, 5) is 13.2. The standard InChI is InChI=1S/C23H28FN5O4S2/c1-13-10-25-12-18(24)20(13)29-35(30,31)19-9-17(11-26-22(19)32-4)21-15(3)28-23(34-21)27-14(2)16-5-7-33-8-6-16/h9-12,14,16H,5-8H2,1-4H3,(H,25,29)(H,27,28). The van der Waals surface area contributed by atoms with E-state index in [1.807, 2.05) is 6.92 Å². The van der Waals surface area contributed by atoms with E-state index in [9.17, 15) is 12.8 Å². The first kappa shape index (κ1) is 25.3. The van der Waals surface area contributed by atoms with E-state index in [0.717, 1.165) is 48.0 Å². The Hall–Kier alpha value is -2.83. The smallest absolute Gasteiger partial charge is 0.267 e. The molecule has 0 amide bonds. The quantitative estimate of drug-likeness (QED) is 0.448. The molecular weight excluding hydrogens is 493 g/mol. The Kier molecular flexibility index (Phi) is 7.53. The molecule has 0 spiro atoms. The number of methoxy groups -OCH3 is 1. The van der Waals surface area contributed by atoms with E-state index in [1.54, 1.807) is 13.1 Å². The first-order chi connectivity index (χ1) is 16.7. The van der Waals surface area contributed by atoms with E-state index in [2.05, 4.69) is 31.9 Å². The van der Waals surface area contributed by atoms with E-state index in [-0.39, 0.29) is 22.5 Å². The van der Waals surface area contributed by atoms with Gasteiger partial charge in [0.25, 0.3) is 10.0 Å². The van der Waals surface area contributed by atoms with Crippen LogP contribution < -0.4 is 14.8 Å². The third-order valence-electron chi connectivity index (χ3n) is 6.01. The predicted octanol–water partition coefficient (Wildman–Crippen LogP) is 4.39. The highest BCUT2D eigenvalue weighted by Crippen LogP contribution is 2.37. The van der Waals surface area contributed by atoms with Crippen molar-refractivity contribution in [2.24, 2.45) is 5.92 Å². The van der Waals surface area contributed by atoms with Gasteiger partial charge in [-0.2, -0.15) is 0 Å². The van der Waals surface area contributed by atoms with Crippen molar-refractivity contribution < 1.29 is 22.3 Å². The van der Waals surface area contributed by atoms with Gasteiger partial charge in [-0.05, 0) is 51.2 Å². The second kappa shape index (κ2) is 10.4. The normalized spacial score (nSPS) is 15.6. The van der Waals surface area contributed by atoms with Crippen molar-refractivity contribution in [3.8, 4) is 16.3 Å². The average molecular weight is 522 g/mol. The van der Waals surface area contributed by atoms with Gasteiger partial charge in [-0.3, -0.25) is 9.71 Å². The molecule has 0 radical (unpaired) electrons. The summed E-state index contributed by atoms with van der Waals surface area (Å²) in [6.07, 6.45) is 5.87. The number of ether oxygens (including phenoxy) is 2. The minimum atomic E-state index is -4.22. The Morgan fingerprint density at radius 1 is 1.23 bits per heavy atom. The SMILES string of the molecule is COc1ncc(-c2sc(NC(C)C3CCOCC3)nc2C)cc1S(=O)(=O)Nc1c(C)cncc1F. The van der Waals surface area contributed by atoms with Crippen molar-refractivity contribution in [3.05, 3.63) is 41.7 Å². The highest BCUT2D eigenvalue weighted by molar-refractivity contribution is 7.92. The molecule has 1 saturated heterocycles. The van der Waals surface area contributed by atoms with E-state index in [0.29, 0.717) is 17.0 Å². The van der Waals surface area contributed by atoms with Crippen LogP contribution in [0.15, 0.2) is 29.6 Å². The first-order valence-corrected chi connectivity index (χ1v) is 13.5. The van der Waals surface area contributed by atoms with Crippen molar-refractivity contribution in [1.29, 1.82) is 0 Å². The summed E-state index contributed by atoms with van der Waals surface area (Å²) in [5.74, 6) is -0.370. The molecule has 188 valence electrons. The minimum absolute atomic E-state index is 0.0953. The molecule has 35 heavy (non-hydrogen) atoms. The number of rotatable bonds is 8. The molecule has 12 heteroatoms. The lowest BCUT2D eigenvalue weighted by Gasteiger charge is -2.28. The molecule has 1 unspecified atom stereocenters. The second-order valence-electron chi connectivity index (χ2n) is 8.47. The molecule has 4 heterocycles. The number of aryl methyl sites for hydroxylation is 2. The van der Waals surface area contributed by atoms with Gasteiger partial charge in [-0.15, -0.1) is 0 Å². The van der Waals surface area contributed by atoms with Gasteiger partial charge in [0.2, 0.25) is 5.88 Å². The van der Waals surface area contributed by atoms with Gasteiger partial charge in [-0.25, -0.2) is 22.8 Å². The molecule has 4 rings (SSSR count). The molecule has 0 aliphatic carbocycles. The number of anilines is 2. The Morgan fingerprint density at radius 2 is 1.97 bits per heavy atom. The molecule has 1 aliphatic rings. The largest absolute Gasteiger partial charge is 0.480 e. The number of nitrogens with zero attached hydrogens (tertiary/aromatic N) is 3. The molecule has 9 nitrogen and oxygen atoms in total. The Balaban J connectivity index is 1.64. The number of halogens is 1. The van der Waals surface area contributed by atoms with Crippen molar-refractivity contribution in [2.75, 3.05) is 30.4 Å². The van der Waals surface area contributed by atoms with Gasteiger partial charge in [0.15, 0.2) is 10.9 Å². The number of aromatic nitrogens is 3. The number of hydrogen-bond acceptors (Lipinski definition) is 9. The number of nitrogens with one attached hydrogen (secondary N) is 2. The zero-order valence-corrected chi connectivity index (χ0v) is 21.6. The molecule has 3 aromatic heterocycles. The van der Waals surface area contributed by atoms with E-state index >= 15 is 0 Å². The number of thiazole rings is 1. The fourth-order valence-electron chi connectivity index (χ4n) is 4.01. The summed E-state index contributed by atoms with van der Waals surface area (Å²) in [6, 6.07) is 1.69. The molecule has 0 bridgehead atoms. The first-order valence-electron chi connectivity index (χ1n) is 11.2. The van der Waals surface area contributed by atoms with Crippen LogP contribution in [0.2, 0.25) is 0 Å². The van der Waals surface area contributed by atoms with Crippen molar-refractivity contribution in [1.82, 2.24) is 15.0 Å². The number of hydrogen-bond donors (Lipinski definition) is 2. The molecule has 1 fully saturated rings. The van der Waals surface area contributed by atoms with Crippen LogP contribution in [-0.4, -0.2) is 49.7 Å². The average Bonchev–Trinajstić information content (AvgIpc) is 3.21. The molecule has 3 aromatic rings. The van der Waals surface area contributed by atoms with Crippen LogP contribution in [0, 0.1) is 25.6 Å². The molecule has 1 atom stereocenters. The van der Waals surface area contributed by atoms with E-state index < -0.39 is 15.8 Å². The van der Waals surface area contributed by atoms with Crippen molar-refractivity contribution in [3.63, 3.8) is 0 Å². The topological polar surface area (TPSA) is 115 Å². The molecule has 2 N–H and O–H groups in total. The maximum atomic E-state index is 14.3. The minimum Gasteiger partial charge on any atom is -0.480 e. The number of pyridine rings is 2. The summed E-state index contributed by atoms with van der Waals surface area (Å²) in [7, 11) is -2.89. The summed E-state index contributed by atoms with van der Waals surface area (Å²) in [5.41, 5.74) is 1.50. The van der Waals surface area contributed by atoms with Gasteiger partial charge in [0.05, 0.1) is 29.6 Å². The van der Waals surface area contributed by atoms with Crippen molar-refractivity contribution in [2.45, 2.75) is 44.6 Å². The summed E-state index contributed by atoms with van der Waals surface area (Å²) >= 11 is 1.43. The van der Waals surface area contributed by atoms with Crippen LogP contribution in [-0.2, 0) is 14.8 Å². The predicted molar refractivity (Wildman–Crippen MR) is 133 cm³/mol. The van der Waals surface area contributed by atoms with Crippen LogP contribution in [0.1, 0.15) is 31.0 Å². The Labute approximate surface area is 208 Å². The van der Waals surface area contributed by atoms with Gasteiger partial charge in [0.1, 0.15) is 4.90 Å². The highest BCUT2D eigenvalue weighted by atomic mass is 32.2. The lowest BCUT2D eigenvalue weighted by Crippen LogP contribution is -2.30. The third kappa shape index (κ3) is 5.54. The van der Waals surface area contributed by atoms with E-state index in [4.69, 9.17) is 9.47 Å². The maximum Gasteiger partial charge on any atom is 0.267 e.